The zero-order valence-electron chi connectivity index (χ0n) is 21.2. The number of benzene rings is 2. The number of nitrogens with zero attached hydrogens (tertiary/aromatic N) is 5. The molecule has 0 atom stereocenters. The molecular formula is C28H27ClFN7O2. The Kier molecular flexibility index (Phi) is 8.14. The molecule has 0 spiro atoms. The zero-order chi connectivity index (χ0) is 27.2. The molecule has 0 radical (unpaired) electrons. The number of pyridine rings is 1. The van der Waals surface area contributed by atoms with Gasteiger partial charge in [-0.15, -0.1) is 0 Å². The summed E-state index contributed by atoms with van der Waals surface area (Å²) >= 11 is 6.60. The van der Waals surface area contributed by atoms with Gasteiger partial charge in [-0.25, -0.2) is 14.8 Å². The lowest BCUT2D eigenvalue weighted by Crippen LogP contribution is -2.37. The van der Waals surface area contributed by atoms with Crippen molar-refractivity contribution in [1.29, 1.82) is 0 Å². The van der Waals surface area contributed by atoms with Gasteiger partial charge in [-0.05, 0) is 66.4 Å². The van der Waals surface area contributed by atoms with Crippen LogP contribution in [0.25, 0.3) is 0 Å². The van der Waals surface area contributed by atoms with Crippen LogP contribution in [0, 0.1) is 12.7 Å². The van der Waals surface area contributed by atoms with Crippen LogP contribution in [0.2, 0.25) is 5.02 Å². The molecule has 200 valence electrons. The highest BCUT2D eigenvalue weighted by Gasteiger charge is 2.17. The third-order valence-corrected chi connectivity index (χ3v) is 6.52. The van der Waals surface area contributed by atoms with E-state index in [1.54, 1.807) is 18.3 Å². The van der Waals surface area contributed by atoms with Gasteiger partial charge in [0.05, 0.1) is 43.2 Å². The lowest BCUT2D eigenvalue weighted by atomic mass is 9.99. The minimum Gasteiger partial charge on any atom is -0.508 e. The first-order valence-corrected chi connectivity index (χ1v) is 12.8. The average molecular weight is 548 g/mol. The third kappa shape index (κ3) is 6.78. The van der Waals surface area contributed by atoms with E-state index < -0.39 is 5.82 Å². The van der Waals surface area contributed by atoms with Gasteiger partial charge in [0.1, 0.15) is 5.75 Å². The van der Waals surface area contributed by atoms with Crippen LogP contribution in [0.15, 0.2) is 66.0 Å². The minimum absolute atomic E-state index is 0.187. The van der Waals surface area contributed by atoms with Crippen molar-refractivity contribution < 1.29 is 14.2 Å². The van der Waals surface area contributed by atoms with Gasteiger partial charge < -0.3 is 20.1 Å². The van der Waals surface area contributed by atoms with Gasteiger partial charge in [0.15, 0.2) is 11.6 Å². The summed E-state index contributed by atoms with van der Waals surface area (Å²) < 4.78 is 19.5. The van der Waals surface area contributed by atoms with Gasteiger partial charge in [0.25, 0.3) is 0 Å². The fourth-order valence-electron chi connectivity index (χ4n) is 4.23. The van der Waals surface area contributed by atoms with E-state index in [0.717, 1.165) is 34.3 Å². The van der Waals surface area contributed by atoms with Gasteiger partial charge in [-0.1, -0.05) is 23.7 Å². The number of rotatable bonds is 8. The van der Waals surface area contributed by atoms with Crippen LogP contribution in [0.5, 0.6) is 5.75 Å². The molecule has 0 bridgehead atoms. The quantitative estimate of drug-likeness (QED) is 0.202. The number of anilines is 4. The molecule has 39 heavy (non-hydrogen) atoms. The standard InChI is InChI=1S/C28H27ClFN7O2/c1-18-11-22(14-25(29)24(18)13-19-3-2-4-23(38)12-19)34-21-6-5-20(31-15-21)16-33-36-28-32-17-26(30)27(35-28)37-7-9-39-10-8-37/h2-6,11-12,14-17,34,38H,7-10,13H2,1H3,(H,32,35,36)/b33-16-. The molecule has 5 rings (SSSR count). The molecule has 3 heterocycles. The summed E-state index contributed by atoms with van der Waals surface area (Å²) in [6.45, 7) is 4.19. The van der Waals surface area contributed by atoms with Gasteiger partial charge in [-0.3, -0.25) is 4.98 Å². The van der Waals surface area contributed by atoms with E-state index in [0.29, 0.717) is 43.4 Å². The normalized spacial score (nSPS) is 13.6. The van der Waals surface area contributed by atoms with Crippen molar-refractivity contribution in [2.24, 2.45) is 5.10 Å². The predicted molar refractivity (Wildman–Crippen MR) is 151 cm³/mol. The molecule has 4 aromatic rings. The van der Waals surface area contributed by atoms with E-state index in [2.05, 4.69) is 30.8 Å². The van der Waals surface area contributed by atoms with Crippen LogP contribution in [-0.2, 0) is 11.2 Å². The maximum Gasteiger partial charge on any atom is 0.245 e. The number of phenols is 1. The summed E-state index contributed by atoms with van der Waals surface area (Å²) in [5.74, 6) is 0.159. The number of aryl methyl sites for hydroxylation is 1. The van der Waals surface area contributed by atoms with Crippen molar-refractivity contribution in [2.75, 3.05) is 41.9 Å². The Morgan fingerprint density at radius 1 is 1.10 bits per heavy atom. The lowest BCUT2D eigenvalue weighted by Gasteiger charge is -2.27. The molecular weight excluding hydrogens is 521 g/mol. The fraction of sp³-hybridized carbons (Fsp3) is 0.214. The summed E-state index contributed by atoms with van der Waals surface area (Å²) in [6.07, 6.45) is 4.97. The summed E-state index contributed by atoms with van der Waals surface area (Å²) in [7, 11) is 0. The SMILES string of the molecule is Cc1cc(Nc2ccc(/C=N\Nc3ncc(F)c(N4CCOCC4)n3)nc2)cc(Cl)c1Cc1cccc(O)c1. The number of hydrazone groups is 1. The predicted octanol–water partition coefficient (Wildman–Crippen LogP) is 5.30. The van der Waals surface area contributed by atoms with Gasteiger partial charge in [-0.2, -0.15) is 10.1 Å². The number of aromatic nitrogens is 3. The topological polar surface area (TPSA) is 108 Å². The fourth-order valence-corrected chi connectivity index (χ4v) is 4.56. The molecule has 1 aliphatic rings. The first kappa shape index (κ1) is 26.3. The number of morpholine rings is 1. The van der Waals surface area contributed by atoms with Crippen LogP contribution in [-0.4, -0.2) is 52.6 Å². The number of nitrogens with one attached hydrogen (secondary N) is 2. The molecule has 11 heteroatoms. The third-order valence-electron chi connectivity index (χ3n) is 6.18. The van der Waals surface area contributed by atoms with E-state index in [9.17, 15) is 9.50 Å². The van der Waals surface area contributed by atoms with Crippen LogP contribution >= 0.6 is 11.6 Å². The van der Waals surface area contributed by atoms with Gasteiger partial charge in [0, 0.05) is 23.8 Å². The molecule has 0 aliphatic carbocycles. The zero-order valence-corrected chi connectivity index (χ0v) is 22.0. The van der Waals surface area contributed by atoms with E-state index in [4.69, 9.17) is 16.3 Å². The van der Waals surface area contributed by atoms with Crippen molar-refractivity contribution in [1.82, 2.24) is 15.0 Å². The van der Waals surface area contributed by atoms with Gasteiger partial charge in [0.2, 0.25) is 5.95 Å². The monoisotopic (exact) mass is 547 g/mol. The Bertz CT molecular complexity index is 1450. The molecule has 1 fully saturated rings. The molecule has 2 aromatic carbocycles. The van der Waals surface area contributed by atoms with E-state index in [-0.39, 0.29) is 17.5 Å². The number of ether oxygens (including phenoxy) is 1. The highest BCUT2D eigenvalue weighted by atomic mass is 35.5. The Balaban J connectivity index is 1.20. The smallest absolute Gasteiger partial charge is 0.245 e. The minimum atomic E-state index is -0.487. The van der Waals surface area contributed by atoms with Crippen LogP contribution in [0.4, 0.5) is 27.5 Å². The number of hydrogen-bond donors (Lipinski definition) is 3. The lowest BCUT2D eigenvalue weighted by molar-refractivity contribution is 0.122. The Hall–Kier alpha value is -4.28. The van der Waals surface area contributed by atoms with Gasteiger partial charge >= 0.3 is 0 Å². The first-order valence-electron chi connectivity index (χ1n) is 12.4. The van der Waals surface area contributed by atoms with E-state index >= 15 is 0 Å². The maximum absolute atomic E-state index is 14.2. The van der Waals surface area contributed by atoms with E-state index in [1.807, 2.05) is 48.2 Å². The average Bonchev–Trinajstić information content (AvgIpc) is 2.93. The molecule has 1 saturated heterocycles. The number of halogens is 2. The molecule has 0 saturated carbocycles. The second-order valence-corrected chi connectivity index (χ2v) is 9.44. The highest BCUT2D eigenvalue weighted by Crippen LogP contribution is 2.29. The second kappa shape index (κ2) is 12.1. The highest BCUT2D eigenvalue weighted by molar-refractivity contribution is 6.31. The van der Waals surface area contributed by atoms with Crippen LogP contribution < -0.4 is 15.6 Å². The first-order chi connectivity index (χ1) is 18.9. The summed E-state index contributed by atoms with van der Waals surface area (Å²) in [6, 6.07) is 14.8. The molecule has 0 unspecified atom stereocenters. The number of hydrogen-bond acceptors (Lipinski definition) is 9. The van der Waals surface area contributed by atoms with Crippen molar-refractivity contribution >= 4 is 41.0 Å². The van der Waals surface area contributed by atoms with Crippen molar-refractivity contribution in [3.63, 3.8) is 0 Å². The van der Waals surface area contributed by atoms with Crippen LogP contribution in [0.3, 0.4) is 0 Å². The summed E-state index contributed by atoms with van der Waals surface area (Å²) in [4.78, 5) is 14.4. The molecule has 9 nitrogen and oxygen atoms in total. The summed E-state index contributed by atoms with van der Waals surface area (Å²) in [5.41, 5.74) is 8.00. The number of phenolic OH excluding ortho intramolecular Hbond substituents is 1. The Labute approximate surface area is 230 Å². The summed E-state index contributed by atoms with van der Waals surface area (Å²) in [5, 5.41) is 17.8. The molecule has 3 N–H and O–H groups in total. The molecule has 0 amide bonds. The van der Waals surface area contributed by atoms with Crippen molar-refractivity contribution in [3.8, 4) is 5.75 Å². The molecule has 2 aromatic heterocycles. The number of aromatic hydroxyl groups is 1. The second-order valence-electron chi connectivity index (χ2n) is 9.03. The van der Waals surface area contributed by atoms with E-state index in [1.165, 1.54) is 6.21 Å². The van der Waals surface area contributed by atoms with Crippen LogP contribution in [0.1, 0.15) is 22.4 Å². The Morgan fingerprint density at radius 3 is 2.69 bits per heavy atom. The largest absolute Gasteiger partial charge is 0.508 e. The molecule has 1 aliphatic heterocycles. The Morgan fingerprint density at radius 2 is 1.95 bits per heavy atom. The van der Waals surface area contributed by atoms with Crippen molar-refractivity contribution in [2.45, 2.75) is 13.3 Å². The maximum atomic E-state index is 14.2. The van der Waals surface area contributed by atoms with Crippen molar-refractivity contribution in [3.05, 3.63) is 94.1 Å².